The highest BCUT2D eigenvalue weighted by atomic mass is 16.6. The first-order chi connectivity index (χ1) is 15.5. The number of nitro groups is 1. The van der Waals surface area contributed by atoms with E-state index in [-0.39, 0.29) is 12.3 Å². The first-order valence-electron chi connectivity index (χ1n) is 10.1. The summed E-state index contributed by atoms with van der Waals surface area (Å²) in [7, 11) is 0. The van der Waals surface area contributed by atoms with Crippen molar-refractivity contribution in [1.82, 2.24) is 4.98 Å². The molecule has 1 heterocycles. The highest BCUT2D eigenvalue weighted by Crippen LogP contribution is 2.27. The van der Waals surface area contributed by atoms with Gasteiger partial charge in [0, 0.05) is 23.1 Å². The van der Waals surface area contributed by atoms with Gasteiger partial charge in [0.25, 0.3) is 5.69 Å². The molecule has 4 aromatic rings. The van der Waals surface area contributed by atoms with Crippen molar-refractivity contribution in [2.45, 2.75) is 13.5 Å². The van der Waals surface area contributed by atoms with Crippen LogP contribution in [-0.4, -0.2) is 22.5 Å². The molecule has 0 spiro atoms. The van der Waals surface area contributed by atoms with Gasteiger partial charge in [-0.2, -0.15) is 0 Å². The summed E-state index contributed by atoms with van der Waals surface area (Å²) in [6.07, 6.45) is 0. The molecular weight excluding hydrogens is 408 g/mol. The van der Waals surface area contributed by atoms with Gasteiger partial charge >= 0.3 is 5.97 Å². The fourth-order valence-corrected chi connectivity index (χ4v) is 3.37. The first kappa shape index (κ1) is 21.0. The Hall–Kier alpha value is -4.26. The Morgan fingerprint density at radius 3 is 2.53 bits per heavy atom. The van der Waals surface area contributed by atoms with Gasteiger partial charge < -0.3 is 9.47 Å². The summed E-state index contributed by atoms with van der Waals surface area (Å²) in [6, 6.07) is 22.6. The van der Waals surface area contributed by atoms with Gasteiger partial charge in [-0.15, -0.1) is 0 Å². The second kappa shape index (κ2) is 9.26. The van der Waals surface area contributed by atoms with Crippen molar-refractivity contribution in [3.63, 3.8) is 0 Å². The lowest BCUT2D eigenvalue weighted by molar-refractivity contribution is -0.384. The van der Waals surface area contributed by atoms with Crippen LogP contribution in [0.4, 0.5) is 5.69 Å². The number of carbonyl (C=O) groups is 1. The molecule has 0 saturated heterocycles. The molecule has 160 valence electrons. The molecule has 0 aliphatic carbocycles. The molecule has 0 atom stereocenters. The van der Waals surface area contributed by atoms with Crippen molar-refractivity contribution in [3.8, 4) is 17.0 Å². The molecular formula is C25H20N2O5. The number of para-hydroxylation sites is 1. The lowest BCUT2D eigenvalue weighted by atomic mass is 10.0. The summed E-state index contributed by atoms with van der Waals surface area (Å²) in [6.45, 7) is 2.42. The number of carbonyl (C=O) groups excluding carboxylic acids is 1. The van der Waals surface area contributed by atoms with Crippen LogP contribution in [0.25, 0.3) is 22.2 Å². The van der Waals surface area contributed by atoms with Gasteiger partial charge in [-0.3, -0.25) is 10.1 Å². The fourth-order valence-electron chi connectivity index (χ4n) is 3.37. The van der Waals surface area contributed by atoms with Crippen molar-refractivity contribution in [2.75, 3.05) is 6.61 Å². The number of hydrogen-bond donors (Lipinski definition) is 0. The maximum absolute atomic E-state index is 13.0. The number of fused-ring (bicyclic) bond motifs is 1. The molecule has 0 radical (unpaired) electrons. The molecule has 0 bridgehead atoms. The Labute approximate surface area is 184 Å². The quantitative estimate of drug-likeness (QED) is 0.217. The predicted molar refractivity (Wildman–Crippen MR) is 121 cm³/mol. The molecule has 32 heavy (non-hydrogen) atoms. The summed E-state index contributed by atoms with van der Waals surface area (Å²) in [5, 5.41) is 11.6. The van der Waals surface area contributed by atoms with Gasteiger partial charge in [0.15, 0.2) is 0 Å². The highest BCUT2D eigenvalue weighted by Gasteiger charge is 2.16. The van der Waals surface area contributed by atoms with Crippen molar-refractivity contribution in [1.29, 1.82) is 0 Å². The van der Waals surface area contributed by atoms with Crippen molar-refractivity contribution >= 4 is 22.6 Å². The third-order valence-electron chi connectivity index (χ3n) is 4.89. The normalized spacial score (nSPS) is 10.7. The van der Waals surface area contributed by atoms with Crippen LogP contribution < -0.4 is 4.74 Å². The third-order valence-corrected chi connectivity index (χ3v) is 4.89. The molecule has 4 rings (SSSR count). The number of aromatic nitrogens is 1. The molecule has 0 N–H and O–H groups in total. The summed E-state index contributed by atoms with van der Waals surface area (Å²) in [5.41, 5.74) is 3.01. The second-order valence-electron chi connectivity index (χ2n) is 7.03. The molecule has 1 aromatic heterocycles. The number of esters is 1. The van der Waals surface area contributed by atoms with Gasteiger partial charge in [-0.1, -0.05) is 30.3 Å². The van der Waals surface area contributed by atoms with Crippen LogP contribution >= 0.6 is 0 Å². The second-order valence-corrected chi connectivity index (χ2v) is 7.03. The Balaban J connectivity index is 1.64. The van der Waals surface area contributed by atoms with Crippen LogP contribution in [0.1, 0.15) is 22.8 Å². The Morgan fingerprint density at radius 1 is 1.00 bits per heavy atom. The van der Waals surface area contributed by atoms with Crippen LogP contribution in [0.2, 0.25) is 0 Å². The van der Waals surface area contributed by atoms with E-state index in [2.05, 4.69) is 4.98 Å². The Morgan fingerprint density at radius 2 is 1.78 bits per heavy atom. The van der Waals surface area contributed by atoms with E-state index in [1.807, 2.05) is 55.5 Å². The van der Waals surface area contributed by atoms with Gasteiger partial charge in [-0.25, -0.2) is 9.78 Å². The van der Waals surface area contributed by atoms with Gasteiger partial charge in [0.05, 0.1) is 28.3 Å². The average Bonchev–Trinajstić information content (AvgIpc) is 2.82. The molecule has 7 heteroatoms. The number of benzene rings is 3. The van der Waals surface area contributed by atoms with Gasteiger partial charge in [0.1, 0.15) is 12.4 Å². The molecule has 7 nitrogen and oxygen atoms in total. The summed E-state index contributed by atoms with van der Waals surface area (Å²) < 4.78 is 11.0. The minimum absolute atomic E-state index is 0.0503. The average molecular weight is 428 g/mol. The van der Waals surface area contributed by atoms with E-state index in [0.29, 0.717) is 34.3 Å². The predicted octanol–water partition coefficient (Wildman–Crippen LogP) is 5.57. The standard InChI is InChI=1S/C25H20N2O5/c1-2-31-20-12-10-18(11-13-20)24-15-22(21-8-3-4-9-23(21)26-24)25(28)32-16-17-6-5-7-19(14-17)27(29)30/h3-15H,2,16H2,1H3. The molecule has 0 unspecified atom stereocenters. The van der Waals surface area contributed by atoms with Gasteiger partial charge in [0.2, 0.25) is 0 Å². The van der Waals surface area contributed by atoms with E-state index >= 15 is 0 Å². The zero-order valence-electron chi connectivity index (χ0n) is 17.4. The number of nitrogens with zero attached hydrogens (tertiary/aromatic N) is 2. The van der Waals surface area contributed by atoms with Crippen LogP contribution in [0.15, 0.2) is 78.9 Å². The number of rotatable bonds is 7. The lowest BCUT2D eigenvalue weighted by Crippen LogP contribution is -2.07. The molecule has 0 aliphatic rings. The van der Waals surface area contributed by atoms with Crippen LogP contribution in [0.3, 0.4) is 0 Å². The van der Waals surface area contributed by atoms with E-state index in [0.717, 1.165) is 11.3 Å². The maximum Gasteiger partial charge on any atom is 0.339 e. The van der Waals surface area contributed by atoms with Gasteiger partial charge in [-0.05, 0) is 48.9 Å². The molecule has 0 aliphatic heterocycles. The summed E-state index contributed by atoms with van der Waals surface area (Å²) in [5.74, 6) is 0.232. The fraction of sp³-hybridized carbons (Fsp3) is 0.120. The highest BCUT2D eigenvalue weighted by molar-refractivity contribution is 6.04. The lowest BCUT2D eigenvalue weighted by Gasteiger charge is -2.11. The van der Waals surface area contributed by atoms with Crippen LogP contribution in [-0.2, 0) is 11.3 Å². The number of nitro benzene ring substituents is 1. The smallest absolute Gasteiger partial charge is 0.339 e. The van der Waals surface area contributed by atoms with E-state index in [9.17, 15) is 14.9 Å². The minimum Gasteiger partial charge on any atom is -0.494 e. The minimum atomic E-state index is -0.526. The van der Waals surface area contributed by atoms with E-state index in [1.165, 1.54) is 12.1 Å². The monoisotopic (exact) mass is 428 g/mol. The van der Waals surface area contributed by atoms with Crippen LogP contribution in [0, 0.1) is 10.1 Å². The molecule has 0 saturated carbocycles. The van der Waals surface area contributed by atoms with E-state index in [4.69, 9.17) is 9.47 Å². The largest absolute Gasteiger partial charge is 0.494 e. The summed E-state index contributed by atoms with van der Waals surface area (Å²) >= 11 is 0. The Bertz CT molecular complexity index is 1290. The maximum atomic E-state index is 13.0. The number of ether oxygens (including phenoxy) is 2. The third kappa shape index (κ3) is 4.57. The molecule has 3 aromatic carbocycles. The molecule has 0 amide bonds. The number of non-ortho nitro benzene ring substituents is 1. The van der Waals surface area contributed by atoms with E-state index < -0.39 is 10.9 Å². The Kier molecular flexibility index (Phi) is 6.07. The zero-order valence-corrected chi connectivity index (χ0v) is 17.4. The topological polar surface area (TPSA) is 91.6 Å². The number of pyridine rings is 1. The first-order valence-corrected chi connectivity index (χ1v) is 10.1. The summed E-state index contributed by atoms with van der Waals surface area (Å²) in [4.78, 5) is 28.2. The van der Waals surface area contributed by atoms with Crippen LogP contribution in [0.5, 0.6) is 5.75 Å². The van der Waals surface area contributed by atoms with Crippen molar-refractivity contribution in [3.05, 3.63) is 100 Å². The zero-order chi connectivity index (χ0) is 22.5. The number of hydrogen-bond acceptors (Lipinski definition) is 6. The van der Waals surface area contributed by atoms with Crippen molar-refractivity contribution in [2.24, 2.45) is 0 Å². The van der Waals surface area contributed by atoms with E-state index in [1.54, 1.807) is 18.2 Å². The van der Waals surface area contributed by atoms with Crippen molar-refractivity contribution < 1.29 is 19.2 Å². The molecule has 0 fully saturated rings. The SMILES string of the molecule is CCOc1ccc(-c2cc(C(=O)OCc3cccc([N+](=O)[O-])c3)c3ccccc3n2)cc1.